The number of rotatable bonds is 45. The quantitative estimate of drug-likeness (QED) is 0.0422. The van der Waals surface area contributed by atoms with Crippen LogP contribution in [0.15, 0.2) is 134 Å². The fraction of sp³-hybridized carbons (Fsp3) is 0.610. The van der Waals surface area contributed by atoms with Gasteiger partial charge in [0.15, 0.2) is 0 Å². The number of hydrogen-bond donors (Lipinski definition) is 3. The minimum absolute atomic E-state index is 0.0986. The second kappa shape index (κ2) is 52.9. The van der Waals surface area contributed by atoms with E-state index >= 15 is 0 Å². The average molecular weight is 868 g/mol. The molecule has 0 aromatic carbocycles. The molecule has 1 amide bonds. The number of amides is 1. The molecule has 0 saturated carbocycles. The molecule has 0 aliphatic rings. The van der Waals surface area contributed by atoms with Gasteiger partial charge < -0.3 is 15.5 Å². The highest BCUT2D eigenvalue weighted by atomic mass is 16.3. The maximum absolute atomic E-state index is 12.4. The van der Waals surface area contributed by atoms with Crippen LogP contribution in [0.3, 0.4) is 0 Å². The summed E-state index contributed by atoms with van der Waals surface area (Å²) in [7, 11) is 0. The van der Waals surface area contributed by atoms with Crippen molar-refractivity contribution in [3.05, 3.63) is 134 Å². The number of hydrogen-bond acceptors (Lipinski definition) is 3. The summed E-state index contributed by atoms with van der Waals surface area (Å²) in [6.07, 6.45) is 82.9. The zero-order valence-corrected chi connectivity index (χ0v) is 40.8. The summed E-state index contributed by atoms with van der Waals surface area (Å²) in [5.41, 5.74) is 0. The molecule has 0 rings (SSSR count). The highest BCUT2D eigenvalue weighted by molar-refractivity contribution is 5.76. The summed E-state index contributed by atoms with van der Waals surface area (Å²) >= 11 is 0. The van der Waals surface area contributed by atoms with Gasteiger partial charge in [-0.1, -0.05) is 231 Å². The monoisotopic (exact) mass is 868 g/mol. The molecular weight excluding hydrogens is 771 g/mol. The van der Waals surface area contributed by atoms with Gasteiger partial charge in [0.05, 0.1) is 18.8 Å². The molecule has 0 fully saturated rings. The molecule has 0 heterocycles. The number of carbonyl (C=O) groups excluding carboxylic acids is 1. The van der Waals surface area contributed by atoms with Crippen LogP contribution in [0.4, 0.5) is 0 Å². The molecule has 0 aromatic heterocycles. The first-order chi connectivity index (χ1) is 31.2. The van der Waals surface area contributed by atoms with E-state index in [1.54, 1.807) is 6.08 Å². The van der Waals surface area contributed by atoms with Crippen LogP contribution in [-0.4, -0.2) is 34.9 Å². The van der Waals surface area contributed by atoms with Crippen LogP contribution >= 0.6 is 0 Å². The zero-order valence-electron chi connectivity index (χ0n) is 40.8. The Morgan fingerprint density at radius 1 is 0.397 bits per heavy atom. The first kappa shape index (κ1) is 59.5. The van der Waals surface area contributed by atoms with Crippen LogP contribution in [0, 0.1) is 0 Å². The molecule has 63 heavy (non-hydrogen) atoms. The van der Waals surface area contributed by atoms with E-state index in [0.717, 1.165) is 103 Å². The molecule has 0 spiro atoms. The van der Waals surface area contributed by atoms with E-state index in [1.165, 1.54) is 89.9 Å². The predicted molar refractivity (Wildman–Crippen MR) is 280 cm³/mol. The second-order valence-electron chi connectivity index (χ2n) is 16.8. The Morgan fingerprint density at radius 3 is 1.11 bits per heavy atom. The minimum atomic E-state index is -0.887. The Bertz CT molecular complexity index is 1310. The molecule has 0 aliphatic heterocycles. The van der Waals surface area contributed by atoms with E-state index < -0.39 is 12.1 Å². The van der Waals surface area contributed by atoms with Crippen LogP contribution in [0.2, 0.25) is 0 Å². The van der Waals surface area contributed by atoms with Gasteiger partial charge in [-0.05, 0) is 109 Å². The van der Waals surface area contributed by atoms with E-state index in [-0.39, 0.29) is 12.5 Å². The molecule has 2 atom stereocenters. The van der Waals surface area contributed by atoms with Crippen molar-refractivity contribution >= 4 is 5.91 Å². The summed E-state index contributed by atoms with van der Waals surface area (Å²) in [6, 6.07) is -0.664. The lowest BCUT2D eigenvalue weighted by Crippen LogP contribution is -2.45. The first-order valence-corrected chi connectivity index (χ1v) is 25.9. The van der Waals surface area contributed by atoms with Gasteiger partial charge in [0.25, 0.3) is 0 Å². The van der Waals surface area contributed by atoms with Crippen molar-refractivity contribution in [3.63, 3.8) is 0 Å². The third-order valence-corrected chi connectivity index (χ3v) is 10.8. The Labute approximate surface area is 390 Å². The number of unbranched alkanes of at least 4 members (excludes halogenated alkanes) is 18. The van der Waals surface area contributed by atoms with Crippen molar-refractivity contribution in [3.8, 4) is 0 Å². The number of aliphatic hydroxyl groups excluding tert-OH is 2. The Kier molecular flexibility index (Phi) is 50.0. The van der Waals surface area contributed by atoms with E-state index in [9.17, 15) is 15.0 Å². The van der Waals surface area contributed by atoms with Gasteiger partial charge >= 0.3 is 0 Å². The largest absolute Gasteiger partial charge is 0.394 e. The molecule has 356 valence electrons. The van der Waals surface area contributed by atoms with E-state index in [1.807, 2.05) is 6.08 Å². The number of aliphatic hydroxyl groups is 2. The van der Waals surface area contributed by atoms with E-state index in [0.29, 0.717) is 6.42 Å². The molecule has 0 aliphatic carbocycles. The highest BCUT2D eigenvalue weighted by Crippen LogP contribution is 2.13. The highest BCUT2D eigenvalue weighted by Gasteiger charge is 2.17. The summed E-state index contributed by atoms with van der Waals surface area (Å²) in [4.78, 5) is 12.4. The number of allylic oxidation sites excluding steroid dienone is 21. The van der Waals surface area contributed by atoms with Gasteiger partial charge in [-0.2, -0.15) is 0 Å². The van der Waals surface area contributed by atoms with Gasteiger partial charge in [-0.3, -0.25) is 4.79 Å². The molecule has 4 heteroatoms. The Balaban J connectivity index is 3.72. The second-order valence-corrected chi connectivity index (χ2v) is 16.8. The van der Waals surface area contributed by atoms with Gasteiger partial charge in [0, 0.05) is 6.42 Å². The smallest absolute Gasteiger partial charge is 0.220 e. The molecule has 4 nitrogen and oxygen atoms in total. The SMILES string of the molecule is CC/C=C\C/C=C\C/C=C\C/C=C\C/C=C\C/C=C\C/C=C\C/C=C\CCCCCCCCC(=O)NC(CO)C(O)/C=C/CC/C=C/CC/C=C/CCCCCCCCCCCC. The van der Waals surface area contributed by atoms with Crippen LogP contribution in [-0.2, 0) is 4.79 Å². The molecule has 0 aromatic rings. The molecule has 0 radical (unpaired) electrons. The molecule has 0 saturated heterocycles. The summed E-state index contributed by atoms with van der Waals surface area (Å²) < 4.78 is 0. The molecular formula is C59H97NO3. The third kappa shape index (κ3) is 49.4. The van der Waals surface area contributed by atoms with Gasteiger partial charge in [-0.15, -0.1) is 0 Å². The van der Waals surface area contributed by atoms with Crippen LogP contribution in [0.5, 0.6) is 0 Å². The van der Waals surface area contributed by atoms with Crippen molar-refractivity contribution in [2.45, 2.75) is 225 Å². The lowest BCUT2D eigenvalue weighted by Gasteiger charge is -2.19. The van der Waals surface area contributed by atoms with Crippen molar-refractivity contribution in [1.29, 1.82) is 0 Å². The van der Waals surface area contributed by atoms with Crippen molar-refractivity contribution < 1.29 is 15.0 Å². The normalized spacial score (nSPS) is 14.0. The predicted octanol–water partition coefficient (Wildman–Crippen LogP) is 17.1. The lowest BCUT2D eigenvalue weighted by atomic mass is 10.1. The van der Waals surface area contributed by atoms with Gasteiger partial charge in [0.2, 0.25) is 5.91 Å². The average Bonchev–Trinajstić information content (AvgIpc) is 3.29. The standard InChI is InChI=1S/C59H97NO3/c1-3-5-7-9-11-13-15-17-19-21-23-25-26-27-28-29-30-31-32-33-34-35-37-39-41-43-45-47-49-51-53-55-59(63)60-57(56-61)58(62)54-52-50-48-46-44-42-40-38-36-24-22-20-18-16-14-12-10-8-6-4-2/h5,7,11,13,17,19,23,25,27-28,30-31,33-34,36-39,44,46,52,54,57-58,61-62H,3-4,6,8-10,12,14-16,18,20-22,24,26,29,32,35,40-43,45,47-51,53,55-56H2,1-2H3,(H,60,63)/b7-5-,13-11-,19-17-,25-23-,28-27-,31-30-,34-33-,38-36+,39-37-,46-44+,54-52+. The number of nitrogens with one attached hydrogen (secondary N) is 1. The summed E-state index contributed by atoms with van der Waals surface area (Å²) in [5, 5.41) is 23.1. The Hall–Kier alpha value is -3.47. The van der Waals surface area contributed by atoms with Crippen LogP contribution < -0.4 is 5.32 Å². The fourth-order valence-corrected chi connectivity index (χ4v) is 6.93. The van der Waals surface area contributed by atoms with E-state index in [4.69, 9.17) is 0 Å². The summed E-state index contributed by atoms with van der Waals surface area (Å²) in [5.74, 6) is -0.0986. The van der Waals surface area contributed by atoms with Crippen molar-refractivity contribution in [1.82, 2.24) is 5.32 Å². The molecule has 2 unspecified atom stereocenters. The van der Waals surface area contributed by atoms with Gasteiger partial charge in [-0.25, -0.2) is 0 Å². The van der Waals surface area contributed by atoms with Gasteiger partial charge in [0.1, 0.15) is 0 Å². The van der Waals surface area contributed by atoms with Crippen LogP contribution in [0.1, 0.15) is 213 Å². The van der Waals surface area contributed by atoms with E-state index in [2.05, 4.69) is 141 Å². The molecule has 3 N–H and O–H groups in total. The van der Waals surface area contributed by atoms with Crippen LogP contribution in [0.25, 0.3) is 0 Å². The fourth-order valence-electron chi connectivity index (χ4n) is 6.93. The maximum atomic E-state index is 12.4. The Morgan fingerprint density at radius 2 is 0.714 bits per heavy atom. The topological polar surface area (TPSA) is 69.6 Å². The minimum Gasteiger partial charge on any atom is -0.394 e. The summed E-state index contributed by atoms with van der Waals surface area (Å²) in [6.45, 7) is 4.16. The first-order valence-electron chi connectivity index (χ1n) is 25.9. The third-order valence-electron chi connectivity index (χ3n) is 10.8. The van der Waals surface area contributed by atoms with Crippen molar-refractivity contribution in [2.75, 3.05) is 6.61 Å². The molecule has 0 bridgehead atoms. The lowest BCUT2D eigenvalue weighted by molar-refractivity contribution is -0.123. The van der Waals surface area contributed by atoms with Crippen molar-refractivity contribution in [2.24, 2.45) is 0 Å². The number of carbonyl (C=O) groups is 1. The zero-order chi connectivity index (χ0) is 45.6. The maximum Gasteiger partial charge on any atom is 0.220 e.